The van der Waals surface area contributed by atoms with E-state index in [1.54, 1.807) is 12.1 Å². The first-order chi connectivity index (χ1) is 7.13. The third-order valence-electron chi connectivity index (χ3n) is 2.74. The molecule has 1 aromatic carbocycles. The van der Waals surface area contributed by atoms with Crippen molar-refractivity contribution in [1.29, 1.82) is 0 Å². The lowest BCUT2D eigenvalue weighted by Crippen LogP contribution is -2.36. The van der Waals surface area contributed by atoms with Crippen molar-refractivity contribution in [2.75, 3.05) is 20.1 Å². The summed E-state index contributed by atoms with van der Waals surface area (Å²) in [5.41, 5.74) is 6.60. The van der Waals surface area contributed by atoms with Gasteiger partial charge in [-0.1, -0.05) is 12.1 Å². The fourth-order valence-electron chi connectivity index (χ4n) is 1.40. The van der Waals surface area contributed by atoms with Crippen LogP contribution in [0.1, 0.15) is 12.5 Å². The first-order valence-electron chi connectivity index (χ1n) is 5.28. The summed E-state index contributed by atoms with van der Waals surface area (Å²) in [5, 5.41) is 0. The number of hydrogen-bond donors (Lipinski definition) is 1. The zero-order valence-electron chi connectivity index (χ0n) is 9.41. The predicted molar refractivity (Wildman–Crippen MR) is 61.3 cm³/mol. The van der Waals surface area contributed by atoms with Gasteiger partial charge in [0.15, 0.2) is 0 Å². The minimum absolute atomic E-state index is 0.165. The van der Waals surface area contributed by atoms with Gasteiger partial charge in [-0.05, 0) is 38.1 Å². The van der Waals surface area contributed by atoms with Crippen molar-refractivity contribution in [1.82, 2.24) is 4.90 Å². The van der Waals surface area contributed by atoms with E-state index in [1.807, 2.05) is 13.1 Å². The van der Waals surface area contributed by atoms with Gasteiger partial charge in [-0.25, -0.2) is 4.39 Å². The molecule has 0 amide bonds. The lowest BCUT2D eigenvalue weighted by molar-refractivity contribution is 0.266. The Balaban J connectivity index is 2.43. The second-order valence-corrected chi connectivity index (χ2v) is 3.95. The van der Waals surface area contributed by atoms with E-state index in [-0.39, 0.29) is 5.82 Å². The molecule has 84 valence electrons. The molecule has 0 aliphatic carbocycles. The van der Waals surface area contributed by atoms with E-state index in [0.29, 0.717) is 12.6 Å². The van der Waals surface area contributed by atoms with E-state index < -0.39 is 0 Å². The van der Waals surface area contributed by atoms with Crippen molar-refractivity contribution in [3.63, 3.8) is 0 Å². The molecule has 0 spiro atoms. The molecule has 2 N–H and O–H groups in total. The van der Waals surface area contributed by atoms with Crippen LogP contribution in [-0.2, 0) is 6.42 Å². The number of likely N-dealkylation sites (N-methyl/N-ethyl adjacent to an activating group) is 1. The average molecular weight is 210 g/mol. The number of hydrogen-bond acceptors (Lipinski definition) is 2. The van der Waals surface area contributed by atoms with E-state index in [4.69, 9.17) is 5.73 Å². The summed E-state index contributed by atoms with van der Waals surface area (Å²) in [6.45, 7) is 3.65. The highest BCUT2D eigenvalue weighted by molar-refractivity contribution is 5.16. The minimum Gasteiger partial charge on any atom is -0.329 e. The molecular weight excluding hydrogens is 191 g/mol. The summed E-state index contributed by atoms with van der Waals surface area (Å²) < 4.78 is 12.9. The smallest absolute Gasteiger partial charge is 0.123 e. The number of halogens is 1. The third kappa shape index (κ3) is 3.98. The normalized spacial score (nSPS) is 13.1. The molecule has 1 rings (SSSR count). The summed E-state index contributed by atoms with van der Waals surface area (Å²) in [6.07, 6.45) is 0.860. The van der Waals surface area contributed by atoms with Gasteiger partial charge in [0.2, 0.25) is 0 Å². The van der Waals surface area contributed by atoms with Crippen molar-refractivity contribution < 1.29 is 4.39 Å². The van der Waals surface area contributed by atoms with Crippen molar-refractivity contribution in [2.24, 2.45) is 5.73 Å². The molecule has 15 heavy (non-hydrogen) atoms. The van der Waals surface area contributed by atoms with Crippen molar-refractivity contribution in [3.8, 4) is 0 Å². The van der Waals surface area contributed by atoms with Crippen LogP contribution in [0.4, 0.5) is 4.39 Å². The van der Waals surface area contributed by atoms with Gasteiger partial charge in [-0.3, -0.25) is 0 Å². The Bertz CT molecular complexity index is 301. The lowest BCUT2D eigenvalue weighted by Gasteiger charge is -2.23. The van der Waals surface area contributed by atoms with Crippen molar-refractivity contribution >= 4 is 0 Å². The molecule has 1 aromatic rings. The van der Waals surface area contributed by atoms with Crippen molar-refractivity contribution in [3.05, 3.63) is 35.6 Å². The molecule has 0 aliphatic rings. The molecule has 1 atom stereocenters. The predicted octanol–water partition coefficient (Wildman–Crippen LogP) is 1.65. The molecule has 0 aromatic heterocycles. The van der Waals surface area contributed by atoms with Crippen LogP contribution in [0.25, 0.3) is 0 Å². The Morgan fingerprint density at radius 3 is 2.80 bits per heavy atom. The summed E-state index contributed by atoms with van der Waals surface area (Å²) in [4.78, 5) is 2.19. The monoisotopic (exact) mass is 210 g/mol. The standard InChI is InChI=1S/C12H19FN2/c1-10(9-14)15(2)7-6-11-4-3-5-12(13)8-11/h3-5,8,10H,6-7,9,14H2,1-2H3. The van der Waals surface area contributed by atoms with Crippen molar-refractivity contribution in [2.45, 2.75) is 19.4 Å². The molecule has 0 radical (unpaired) electrons. The lowest BCUT2D eigenvalue weighted by atomic mass is 10.1. The zero-order valence-corrected chi connectivity index (χ0v) is 9.41. The maximum Gasteiger partial charge on any atom is 0.123 e. The highest BCUT2D eigenvalue weighted by Gasteiger charge is 2.06. The van der Waals surface area contributed by atoms with E-state index in [1.165, 1.54) is 6.07 Å². The number of nitrogens with zero attached hydrogens (tertiary/aromatic N) is 1. The van der Waals surface area contributed by atoms with Gasteiger partial charge >= 0.3 is 0 Å². The average Bonchev–Trinajstić information content (AvgIpc) is 2.25. The quantitative estimate of drug-likeness (QED) is 0.800. The van der Waals surface area contributed by atoms with Crippen LogP contribution in [-0.4, -0.2) is 31.1 Å². The van der Waals surface area contributed by atoms with Crippen LogP contribution in [0.2, 0.25) is 0 Å². The van der Waals surface area contributed by atoms with Crippen LogP contribution >= 0.6 is 0 Å². The molecule has 0 saturated heterocycles. The molecule has 0 fully saturated rings. The molecule has 2 nitrogen and oxygen atoms in total. The Hall–Kier alpha value is -0.930. The van der Waals surface area contributed by atoms with Crippen LogP contribution in [0.5, 0.6) is 0 Å². The molecule has 0 heterocycles. The topological polar surface area (TPSA) is 29.3 Å². The Kier molecular flexibility index (Phi) is 4.72. The zero-order chi connectivity index (χ0) is 11.3. The molecule has 1 unspecified atom stereocenters. The Morgan fingerprint density at radius 1 is 1.47 bits per heavy atom. The van der Waals surface area contributed by atoms with Crippen LogP contribution in [0.3, 0.4) is 0 Å². The molecule has 0 bridgehead atoms. The summed E-state index contributed by atoms with van der Waals surface area (Å²) in [5.74, 6) is -0.165. The van der Waals surface area contributed by atoms with E-state index in [2.05, 4.69) is 11.8 Å². The van der Waals surface area contributed by atoms with E-state index >= 15 is 0 Å². The largest absolute Gasteiger partial charge is 0.329 e. The van der Waals surface area contributed by atoms with Crippen LogP contribution in [0.15, 0.2) is 24.3 Å². The van der Waals surface area contributed by atoms with Crippen LogP contribution < -0.4 is 5.73 Å². The fraction of sp³-hybridized carbons (Fsp3) is 0.500. The maximum absolute atomic E-state index is 12.9. The van der Waals surface area contributed by atoms with Gasteiger partial charge in [-0.2, -0.15) is 0 Å². The molecule has 0 saturated carbocycles. The van der Waals surface area contributed by atoms with Gasteiger partial charge in [0.05, 0.1) is 0 Å². The second kappa shape index (κ2) is 5.83. The Labute approximate surface area is 90.9 Å². The molecule has 0 aliphatic heterocycles. The first kappa shape index (κ1) is 12.1. The second-order valence-electron chi connectivity index (χ2n) is 3.95. The minimum atomic E-state index is -0.165. The van der Waals surface area contributed by atoms with Gasteiger partial charge in [-0.15, -0.1) is 0 Å². The third-order valence-corrected chi connectivity index (χ3v) is 2.74. The van der Waals surface area contributed by atoms with E-state index in [0.717, 1.165) is 18.5 Å². The number of rotatable bonds is 5. The maximum atomic E-state index is 12.9. The molecule has 3 heteroatoms. The summed E-state index contributed by atoms with van der Waals surface area (Å²) in [6, 6.07) is 7.12. The summed E-state index contributed by atoms with van der Waals surface area (Å²) >= 11 is 0. The summed E-state index contributed by atoms with van der Waals surface area (Å²) in [7, 11) is 2.04. The van der Waals surface area contributed by atoms with Gasteiger partial charge in [0.1, 0.15) is 5.82 Å². The van der Waals surface area contributed by atoms with Gasteiger partial charge < -0.3 is 10.6 Å². The van der Waals surface area contributed by atoms with Gasteiger partial charge in [0, 0.05) is 19.1 Å². The number of nitrogens with two attached hydrogens (primary N) is 1. The highest BCUT2D eigenvalue weighted by Crippen LogP contribution is 2.05. The molecular formula is C12H19FN2. The van der Waals surface area contributed by atoms with Crippen LogP contribution in [0, 0.1) is 5.82 Å². The SMILES string of the molecule is CC(CN)N(C)CCc1cccc(F)c1. The van der Waals surface area contributed by atoms with E-state index in [9.17, 15) is 4.39 Å². The highest BCUT2D eigenvalue weighted by atomic mass is 19.1. The Morgan fingerprint density at radius 2 is 2.20 bits per heavy atom. The van der Waals surface area contributed by atoms with Gasteiger partial charge in [0.25, 0.3) is 0 Å². The number of benzene rings is 1. The first-order valence-corrected chi connectivity index (χ1v) is 5.28. The fourth-order valence-corrected chi connectivity index (χ4v) is 1.40.